The van der Waals surface area contributed by atoms with Crippen LogP contribution in [0, 0.1) is 0 Å². The fourth-order valence-electron chi connectivity index (χ4n) is 3.76. The van der Waals surface area contributed by atoms with E-state index in [1.807, 2.05) is 6.08 Å². The van der Waals surface area contributed by atoms with Gasteiger partial charge in [-0.15, -0.1) is 0 Å². The number of carbonyl (C=O) groups excluding carboxylic acids is 1. The lowest BCUT2D eigenvalue weighted by atomic mass is 9.98. The van der Waals surface area contributed by atoms with Crippen LogP contribution in [0.3, 0.4) is 0 Å². The molecule has 0 saturated carbocycles. The van der Waals surface area contributed by atoms with Crippen LogP contribution in [-0.4, -0.2) is 36.9 Å². The number of aliphatic hydroxyl groups is 1. The minimum atomic E-state index is -0.965. The Morgan fingerprint density at radius 3 is 2.35 bits per heavy atom. The third-order valence-electron chi connectivity index (χ3n) is 5.62. The van der Waals surface area contributed by atoms with E-state index in [0.717, 1.165) is 44.1 Å². The van der Waals surface area contributed by atoms with E-state index in [1.54, 1.807) is 0 Å². The SMILES string of the molecule is CO[C@H]1OC(=O)C=C1[C@H]1CC=C(CC/C=C(\C)CC/C=C(\C)CCC=C(C)C)[C@H](O)O1. The highest BCUT2D eigenvalue weighted by atomic mass is 16.7. The third kappa shape index (κ3) is 8.60. The zero-order valence-electron chi connectivity index (χ0n) is 19.6. The van der Waals surface area contributed by atoms with Crippen molar-refractivity contribution in [2.24, 2.45) is 0 Å². The fourth-order valence-corrected chi connectivity index (χ4v) is 3.76. The Balaban J connectivity index is 1.75. The lowest BCUT2D eigenvalue weighted by molar-refractivity contribution is -0.160. The van der Waals surface area contributed by atoms with Crippen LogP contribution in [0.1, 0.15) is 72.6 Å². The van der Waals surface area contributed by atoms with Gasteiger partial charge in [-0.1, -0.05) is 41.0 Å². The normalized spacial score (nSPS) is 24.6. The summed E-state index contributed by atoms with van der Waals surface area (Å²) in [5.74, 6) is -0.437. The molecule has 0 unspecified atom stereocenters. The first-order valence-corrected chi connectivity index (χ1v) is 11.2. The first-order chi connectivity index (χ1) is 14.8. The topological polar surface area (TPSA) is 65.0 Å². The first kappa shape index (κ1) is 25.3. The van der Waals surface area contributed by atoms with Crippen molar-refractivity contribution >= 4 is 5.97 Å². The number of hydrogen-bond acceptors (Lipinski definition) is 5. The van der Waals surface area contributed by atoms with Crippen molar-refractivity contribution in [3.63, 3.8) is 0 Å². The van der Waals surface area contributed by atoms with Gasteiger partial charge in [0.1, 0.15) is 0 Å². The maximum atomic E-state index is 11.5. The maximum absolute atomic E-state index is 11.5. The van der Waals surface area contributed by atoms with Crippen molar-refractivity contribution in [1.82, 2.24) is 0 Å². The van der Waals surface area contributed by atoms with E-state index in [9.17, 15) is 9.90 Å². The molecule has 0 amide bonds. The van der Waals surface area contributed by atoms with Crippen LogP contribution in [0.25, 0.3) is 0 Å². The number of esters is 1. The standard InChI is InChI=1S/C26H38O5/c1-18(2)9-6-10-19(3)11-7-12-20(4)13-8-14-21-15-16-23(30-25(21)28)22-17-24(27)31-26(22)29-5/h9,11,13,15,17,23,25-26,28H,6-8,10,12,14,16H2,1-5H3/b19-11+,20-13+/t23-,25-,26+/m1/s1. The number of methoxy groups -OCH3 is 1. The molecule has 2 rings (SSSR count). The van der Waals surface area contributed by atoms with Gasteiger partial charge in [-0.25, -0.2) is 4.79 Å². The van der Waals surface area contributed by atoms with Crippen molar-refractivity contribution < 1.29 is 24.1 Å². The summed E-state index contributed by atoms with van der Waals surface area (Å²) < 4.78 is 16.0. The molecule has 172 valence electrons. The molecule has 0 aromatic heterocycles. The summed E-state index contributed by atoms with van der Waals surface area (Å²) in [6.45, 7) is 8.65. The Morgan fingerprint density at radius 1 is 1.10 bits per heavy atom. The summed E-state index contributed by atoms with van der Waals surface area (Å²) in [6.07, 6.45) is 14.8. The summed E-state index contributed by atoms with van der Waals surface area (Å²) in [5.41, 5.74) is 5.71. The summed E-state index contributed by atoms with van der Waals surface area (Å²) in [6, 6.07) is 0. The van der Waals surface area contributed by atoms with Gasteiger partial charge in [-0.05, 0) is 78.2 Å². The predicted octanol–water partition coefficient (Wildman–Crippen LogP) is 5.68. The van der Waals surface area contributed by atoms with Crippen molar-refractivity contribution in [2.75, 3.05) is 7.11 Å². The summed E-state index contributed by atoms with van der Waals surface area (Å²) in [5, 5.41) is 10.4. The summed E-state index contributed by atoms with van der Waals surface area (Å²) >= 11 is 0. The number of allylic oxidation sites excluding steroid dienone is 6. The molecule has 0 spiro atoms. The minimum absolute atomic E-state index is 0.404. The van der Waals surface area contributed by atoms with Crippen molar-refractivity contribution in [1.29, 1.82) is 0 Å². The first-order valence-electron chi connectivity index (χ1n) is 11.2. The molecule has 5 nitrogen and oxygen atoms in total. The predicted molar refractivity (Wildman–Crippen MR) is 123 cm³/mol. The molecule has 0 radical (unpaired) electrons. The van der Waals surface area contributed by atoms with E-state index in [-0.39, 0.29) is 0 Å². The molecule has 2 aliphatic rings. The molecule has 0 aliphatic carbocycles. The largest absolute Gasteiger partial charge is 0.428 e. The Kier molecular flexibility index (Phi) is 10.4. The van der Waals surface area contributed by atoms with Crippen LogP contribution in [0.15, 0.2) is 58.2 Å². The van der Waals surface area contributed by atoms with Crippen LogP contribution in [0.2, 0.25) is 0 Å². The average Bonchev–Trinajstić information content (AvgIpc) is 3.09. The summed E-state index contributed by atoms with van der Waals surface area (Å²) in [7, 11) is 1.48. The van der Waals surface area contributed by atoms with E-state index in [2.05, 4.69) is 45.9 Å². The van der Waals surface area contributed by atoms with Gasteiger partial charge in [0.05, 0.1) is 6.10 Å². The molecule has 3 atom stereocenters. The summed E-state index contributed by atoms with van der Waals surface area (Å²) in [4.78, 5) is 11.5. The van der Waals surface area contributed by atoms with E-state index < -0.39 is 24.7 Å². The van der Waals surface area contributed by atoms with Gasteiger partial charge in [0.25, 0.3) is 0 Å². The molecule has 1 N–H and O–H groups in total. The second-order valence-corrected chi connectivity index (χ2v) is 8.64. The Labute approximate surface area is 187 Å². The number of hydrogen-bond donors (Lipinski definition) is 1. The maximum Gasteiger partial charge on any atom is 0.333 e. The van der Waals surface area contributed by atoms with Gasteiger partial charge in [-0.2, -0.15) is 0 Å². The van der Waals surface area contributed by atoms with E-state index in [0.29, 0.717) is 12.0 Å². The third-order valence-corrected chi connectivity index (χ3v) is 5.62. The number of cyclic esters (lactones) is 1. The van der Waals surface area contributed by atoms with Gasteiger partial charge in [-0.3, -0.25) is 0 Å². The van der Waals surface area contributed by atoms with Crippen LogP contribution in [0.4, 0.5) is 0 Å². The van der Waals surface area contributed by atoms with Crippen molar-refractivity contribution in [3.05, 3.63) is 58.2 Å². The second kappa shape index (κ2) is 12.8. The molecule has 31 heavy (non-hydrogen) atoms. The van der Waals surface area contributed by atoms with Crippen molar-refractivity contribution in [2.45, 2.75) is 91.3 Å². The molecule has 2 aliphatic heterocycles. The highest BCUT2D eigenvalue weighted by Crippen LogP contribution is 2.30. The smallest absolute Gasteiger partial charge is 0.333 e. The van der Waals surface area contributed by atoms with E-state index in [1.165, 1.54) is 29.9 Å². The zero-order chi connectivity index (χ0) is 22.8. The second-order valence-electron chi connectivity index (χ2n) is 8.64. The van der Waals surface area contributed by atoms with Crippen LogP contribution >= 0.6 is 0 Å². The van der Waals surface area contributed by atoms with E-state index >= 15 is 0 Å². The molecule has 0 aromatic carbocycles. The molecule has 0 aromatic rings. The molecular formula is C26H38O5. The lowest BCUT2D eigenvalue weighted by Crippen LogP contribution is -2.32. The van der Waals surface area contributed by atoms with Crippen LogP contribution in [-0.2, 0) is 19.0 Å². The molecular weight excluding hydrogens is 392 g/mol. The fraction of sp³-hybridized carbons (Fsp3) is 0.577. The van der Waals surface area contributed by atoms with Gasteiger partial charge >= 0.3 is 5.97 Å². The highest BCUT2D eigenvalue weighted by molar-refractivity contribution is 5.85. The van der Waals surface area contributed by atoms with Crippen LogP contribution in [0.5, 0.6) is 0 Å². The van der Waals surface area contributed by atoms with Crippen molar-refractivity contribution in [3.8, 4) is 0 Å². The van der Waals surface area contributed by atoms with Gasteiger partial charge in [0.15, 0.2) is 6.29 Å². The molecule has 0 saturated heterocycles. The average molecular weight is 431 g/mol. The van der Waals surface area contributed by atoms with E-state index in [4.69, 9.17) is 14.2 Å². The molecule has 5 heteroatoms. The molecule has 2 heterocycles. The minimum Gasteiger partial charge on any atom is -0.428 e. The molecule has 0 bridgehead atoms. The monoisotopic (exact) mass is 430 g/mol. The Hall–Kier alpha value is -1.95. The number of carbonyl (C=O) groups is 1. The quantitative estimate of drug-likeness (QED) is 0.338. The van der Waals surface area contributed by atoms with Gasteiger partial charge in [0, 0.05) is 18.8 Å². The number of ether oxygens (including phenoxy) is 3. The molecule has 0 fully saturated rings. The van der Waals surface area contributed by atoms with Gasteiger partial charge in [0.2, 0.25) is 6.29 Å². The Bertz CT molecular complexity index is 765. The lowest BCUT2D eigenvalue weighted by Gasteiger charge is -2.29. The van der Waals surface area contributed by atoms with Crippen LogP contribution < -0.4 is 0 Å². The number of rotatable bonds is 11. The number of aliphatic hydroxyl groups excluding tert-OH is 1. The highest BCUT2D eigenvalue weighted by Gasteiger charge is 2.35. The Morgan fingerprint density at radius 2 is 1.74 bits per heavy atom. The zero-order valence-corrected chi connectivity index (χ0v) is 19.6. The van der Waals surface area contributed by atoms with Gasteiger partial charge < -0.3 is 19.3 Å².